The first kappa shape index (κ1) is 12.4. The van der Waals surface area contributed by atoms with Crippen LogP contribution in [0.4, 0.5) is 11.4 Å². The van der Waals surface area contributed by atoms with Crippen molar-refractivity contribution in [3.05, 3.63) is 38.3 Å². The zero-order chi connectivity index (χ0) is 12.4. The van der Waals surface area contributed by atoms with Crippen molar-refractivity contribution in [2.75, 3.05) is 11.1 Å². The lowest BCUT2D eigenvalue weighted by Gasteiger charge is -2.10. The average molecular weight is 312 g/mol. The van der Waals surface area contributed by atoms with Crippen LogP contribution in [-0.4, -0.2) is 4.98 Å². The fourth-order valence-electron chi connectivity index (χ4n) is 1.49. The van der Waals surface area contributed by atoms with Gasteiger partial charge in [0.15, 0.2) is 0 Å². The van der Waals surface area contributed by atoms with Gasteiger partial charge >= 0.3 is 0 Å². The van der Waals surface area contributed by atoms with Crippen LogP contribution in [0, 0.1) is 13.8 Å². The molecule has 0 aliphatic carbocycles. The number of nitrogens with two attached hydrogens (primary N) is 1. The van der Waals surface area contributed by atoms with Crippen LogP contribution >= 0.6 is 27.3 Å². The Bertz CT molecular complexity index is 537. The van der Waals surface area contributed by atoms with E-state index in [1.807, 2.05) is 25.3 Å². The number of halogens is 1. The number of rotatable bonds is 3. The lowest BCUT2D eigenvalue weighted by molar-refractivity contribution is 1.10. The fraction of sp³-hybridized carbons (Fsp3) is 0.250. The second-order valence-electron chi connectivity index (χ2n) is 3.91. The number of hydrogen-bond acceptors (Lipinski definition) is 4. The highest BCUT2D eigenvalue weighted by atomic mass is 79.9. The molecule has 0 spiro atoms. The highest BCUT2D eigenvalue weighted by Gasteiger charge is 2.04. The Morgan fingerprint density at radius 3 is 2.82 bits per heavy atom. The first-order valence-electron chi connectivity index (χ1n) is 5.27. The predicted octanol–water partition coefficient (Wildman–Crippen LogP) is 3.72. The summed E-state index contributed by atoms with van der Waals surface area (Å²) in [5, 5.41) is 4.44. The molecule has 3 N–H and O–H groups in total. The minimum atomic E-state index is 0.737. The second kappa shape index (κ2) is 5.06. The lowest BCUT2D eigenvalue weighted by Crippen LogP contribution is -2.01. The molecule has 3 nitrogen and oxygen atoms in total. The standard InChI is InChI=1S/C12H14BrN3S/c1-7-3-11(9(13)4-10(7)14)15-6-12-16-5-8(2)17-12/h3-5,15H,6,14H2,1-2H3. The molecule has 1 aromatic heterocycles. The average Bonchev–Trinajstić information content (AvgIpc) is 2.68. The molecular formula is C12H14BrN3S. The molecule has 17 heavy (non-hydrogen) atoms. The van der Waals surface area contributed by atoms with Crippen LogP contribution in [0.3, 0.4) is 0 Å². The van der Waals surface area contributed by atoms with Gasteiger partial charge in [-0.1, -0.05) is 0 Å². The summed E-state index contributed by atoms with van der Waals surface area (Å²) in [6.45, 7) is 4.80. The van der Waals surface area contributed by atoms with Gasteiger partial charge in [-0.15, -0.1) is 11.3 Å². The molecule has 90 valence electrons. The SMILES string of the molecule is Cc1cnc(CNc2cc(C)c(N)cc2Br)s1. The van der Waals surface area contributed by atoms with E-state index in [0.717, 1.165) is 33.0 Å². The molecule has 0 saturated heterocycles. The molecule has 0 aliphatic rings. The summed E-state index contributed by atoms with van der Waals surface area (Å²) in [6.07, 6.45) is 1.89. The minimum absolute atomic E-state index is 0.737. The van der Waals surface area contributed by atoms with Crippen LogP contribution in [-0.2, 0) is 6.54 Å². The van der Waals surface area contributed by atoms with Crippen molar-refractivity contribution in [3.8, 4) is 0 Å². The Kier molecular flexibility index (Phi) is 3.69. The van der Waals surface area contributed by atoms with Gasteiger partial charge in [0.2, 0.25) is 0 Å². The molecule has 0 radical (unpaired) electrons. The summed E-state index contributed by atoms with van der Waals surface area (Å²) in [4.78, 5) is 5.55. The highest BCUT2D eigenvalue weighted by molar-refractivity contribution is 9.10. The predicted molar refractivity (Wildman–Crippen MR) is 77.5 cm³/mol. The highest BCUT2D eigenvalue weighted by Crippen LogP contribution is 2.28. The molecule has 0 atom stereocenters. The van der Waals surface area contributed by atoms with E-state index in [1.165, 1.54) is 4.88 Å². The molecule has 1 aromatic carbocycles. The first-order valence-corrected chi connectivity index (χ1v) is 6.88. The zero-order valence-corrected chi connectivity index (χ0v) is 12.2. The maximum atomic E-state index is 5.83. The smallest absolute Gasteiger partial charge is 0.112 e. The molecule has 2 rings (SSSR count). The summed E-state index contributed by atoms with van der Waals surface area (Å²) in [5.74, 6) is 0. The Morgan fingerprint density at radius 2 is 2.18 bits per heavy atom. The largest absolute Gasteiger partial charge is 0.398 e. The maximum Gasteiger partial charge on any atom is 0.112 e. The van der Waals surface area contributed by atoms with E-state index in [-0.39, 0.29) is 0 Å². The van der Waals surface area contributed by atoms with Crippen molar-refractivity contribution in [1.29, 1.82) is 0 Å². The molecular weight excluding hydrogens is 298 g/mol. The van der Waals surface area contributed by atoms with Gasteiger partial charge in [-0.3, -0.25) is 0 Å². The van der Waals surface area contributed by atoms with E-state index in [1.54, 1.807) is 11.3 Å². The molecule has 0 saturated carbocycles. The van der Waals surface area contributed by atoms with Crippen LogP contribution in [0.5, 0.6) is 0 Å². The van der Waals surface area contributed by atoms with Crippen molar-refractivity contribution < 1.29 is 0 Å². The number of thiazole rings is 1. The van der Waals surface area contributed by atoms with Gasteiger partial charge in [-0.2, -0.15) is 0 Å². The number of aryl methyl sites for hydroxylation is 2. The first-order chi connectivity index (χ1) is 8.06. The van der Waals surface area contributed by atoms with E-state index in [2.05, 4.69) is 33.2 Å². The summed E-state index contributed by atoms with van der Waals surface area (Å²) in [6, 6.07) is 3.96. The molecule has 2 aromatic rings. The normalized spacial score (nSPS) is 10.5. The Labute approximate surface area is 113 Å². The van der Waals surface area contributed by atoms with Crippen molar-refractivity contribution in [1.82, 2.24) is 4.98 Å². The van der Waals surface area contributed by atoms with Crippen LogP contribution in [0.2, 0.25) is 0 Å². The van der Waals surface area contributed by atoms with Gasteiger partial charge in [0.25, 0.3) is 0 Å². The van der Waals surface area contributed by atoms with E-state index in [9.17, 15) is 0 Å². The zero-order valence-electron chi connectivity index (χ0n) is 9.75. The van der Waals surface area contributed by atoms with Crippen molar-refractivity contribution in [2.24, 2.45) is 0 Å². The Balaban J connectivity index is 2.11. The number of benzene rings is 1. The van der Waals surface area contributed by atoms with E-state index in [4.69, 9.17) is 5.73 Å². The van der Waals surface area contributed by atoms with Gasteiger partial charge in [-0.05, 0) is 47.5 Å². The van der Waals surface area contributed by atoms with E-state index < -0.39 is 0 Å². The van der Waals surface area contributed by atoms with E-state index >= 15 is 0 Å². The molecule has 0 fully saturated rings. The summed E-state index contributed by atoms with van der Waals surface area (Å²) < 4.78 is 0.980. The minimum Gasteiger partial charge on any atom is -0.398 e. The molecule has 1 heterocycles. The molecule has 0 aliphatic heterocycles. The Morgan fingerprint density at radius 1 is 1.41 bits per heavy atom. The second-order valence-corrected chi connectivity index (χ2v) is 6.08. The number of nitrogen functional groups attached to an aromatic ring is 1. The third kappa shape index (κ3) is 2.98. The number of nitrogens with zero attached hydrogens (tertiary/aromatic N) is 1. The third-order valence-electron chi connectivity index (χ3n) is 2.45. The Hall–Kier alpha value is -1.07. The van der Waals surface area contributed by atoms with Crippen molar-refractivity contribution in [3.63, 3.8) is 0 Å². The third-order valence-corrected chi connectivity index (χ3v) is 4.02. The summed E-state index contributed by atoms with van der Waals surface area (Å²) in [5.41, 5.74) is 8.75. The van der Waals surface area contributed by atoms with Gasteiger partial charge in [0.05, 0.1) is 6.54 Å². The van der Waals surface area contributed by atoms with Crippen LogP contribution in [0.25, 0.3) is 0 Å². The van der Waals surface area contributed by atoms with Gasteiger partial charge < -0.3 is 11.1 Å². The molecule has 0 bridgehead atoms. The van der Waals surface area contributed by atoms with Gasteiger partial charge in [0, 0.05) is 26.9 Å². The number of anilines is 2. The van der Waals surface area contributed by atoms with Crippen LogP contribution < -0.4 is 11.1 Å². The van der Waals surface area contributed by atoms with E-state index in [0.29, 0.717) is 0 Å². The summed E-state index contributed by atoms with van der Waals surface area (Å²) in [7, 11) is 0. The summed E-state index contributed by atoms with van der Waals surface area (Å²) >= 11 is 5.21. The van der Waals surface area contributed by atoms with Crippen LogP contribution in [0.15, 0.2) is 22.8 Å². The molecule has 0 amide bonds. The van der Waals surface area contributed by atoms with Gasteiger partial charge in [0.1, 0.15) is 5.01 Å². The fourth-order valence-corrected chi connectivity index (χ4v) is 2.71. The number of nitrogens with one attached hydrogen (secondary N) is 1. The van der Waals surface area contributed by atoms with Gasteiger partial charge in [-0.25, -0.2) is 4.98 Å². The maximum absolute atomic E-state index is 5.83. The van der Waals surface area contributed by atoms with Crippen molar-refractivity contribution >= 4 is 38.6 Å². The van der Waals surface area contributed by atoms with Crippen LogP contribution in [0.1, 0.15) is 15.4 Å². The monoisotopic (exact) mass is 311 g/mol. The topological polar surface area (TPSA) is 50.9 Å². The number of aromatic nitrogens is 1. The van der Waals surface area contributed by atoms with Crippen molar-refractivity contribution in [2.45, 2.75) is 20.4 Å². The number of hydrogen-bond donors (Lipinski definition) is 2. The molecule has 5 heteroatoms. The molecule has 0 unspecified atom stereocenters. The quantitative estimate of drug-likeness (QED) is 0.849. The lowest BCUT2D eigenvalue weighted by atomic mass is 10.2.